The average Bonchev–Trinajstić information content (AvgIpc) is 2.45. The summed E-state index contributed by atoms with van der Waals surface area (Å²) in [5.74, 6) is -0.0636. The summed E-state index contributed by atoms with van der Waals surface area (Å²) in [4.78, 5) is 12.2. The number of carbonyl (C=O) groups excluding carboxylic acids is 1. The van der Waals surface area contributed by atoms with Gasteiger partial charge in [-0.25, -0.2) is 0 Å². The standard InChI is InChI=1S/C17H18BrNO/c1-13-5-2-8-15(11-13)17(20)19-16-9-3-6-14(12-16)7-4-10-18/h2-3,5-6,8-9,11-12H,4,7,10H2,1H3,(H,19,20). The Morgan fingerprint density at radius 2 is 1.95 bits per heavy atom. The molecule has 0 aliphatic carbocycles. The number of halogens is 1. The second-order valence-electron chi connectivity index (χ2n) is 4.82. The highest BCUT2D eigenvalue weighted by Crippen LogP contribution is 2.14. The minimum atomic E-state index is -0.0636. The van der Waals surface area contributed by atoms with Crippen molar-refractivity contribution in [3.05, 3.63) is 65.2 Å². The Balaban J connectivity index is 2.07. The first kappa shape index (κ1) is 14.8. The third kappa shape index (κ3) is 4.20. The summed E-state index contributed by atoms with van der Waals surface area (Å²) < 4.78 is 0. The first-order valence-electron chi connectivity index (χ1n) is 6.72. The van der Waals surface area contributed by atoms with Gasteiger partial charge in [0.05, 0.1) is 0 Å². The molecule has 3 heteroatoms. The van der Waals surface area contributed by atoms with E-state index in [1.54, 1.807) is 0 Å². The zero-order valence-electron chi connectivity index (χ0n) is 11.5. The molecule has 2 rings (SSSR count). The molecule has 0 unspecified atom stereocenters. The number of hydrogen-bond donors (Lipinski definition) is 1. The Morgan fingerprint density at radius 3 is 2.70 bits per heavy atom. The van der Waals surface area contributed by atoms with Gasteiger partial charge in [-0.05, 0) is 49.6 Å². The van der Waals surface area contributed by atoms with E-state index in [9.17, 15) is 4.79 Å². The molecule has 2 nitrogen and oxygen atoms in total. The van der Waals surface area contributed by atoms with E-state index in [1.165, 1.54) is 5.56 Å². The van der Waals surface area contributed by atoms with Crippen molar-refractivity contribution >= 4 is 27.5 Å². The minimum Gasteiger partial charge on any atom is -0.322 e. The van der Waals surface area contributed by atoms with Gasteiger partial charge in [0.15, 0.2) is 0 Å². The lowest BCUT2D eigenvalue weighted by atomic mass is 10.1. The zero-order valence-corrected chi connectivity index (χ0v) is 13.1. The molecule has 0 fully saturated rings. The number of amides is 1. The predicted octanol–water partition coefficient (Wildman–Crippen LogP) is 4.57. The van der Waals surface area contributed by atoms with E-state index in [2.05, 4.69) is 27.3 Å². The summed E-state index contributed by atoms with van der Waals surface area (Å²) in [6, 6.07) is 15.6. The SMILES string of the molecule is Cc1cccc(C(=O)Nc2cccc(CCCBr)c2)c1. The smallest absolute Gasteiger partial charge is 0.255 e. The molecule has 2 aromatic carbocycles. The summed E-state index contributed by atoms with van der Waals surface area (Å²) >= 11 is 3.43. The normalized spacial score (nSPS) is 10.3. The van der Waals surface area contributed by atoms with Crippen molar-refractivity contribution in [2.75, 3.05) is 10.6 Å². The van der Waals surface area contributed by atoms with Gasteiger partial charge in [0.1, 0.15) is 0 Å². The van der Waals surface area contributed by atoms with Crippen molar-refractivity contribution in [1.29, 1.82) is 0 Å². The van der Waals surface area contributed by atoms with Crippen molar-refractivity contribution in [3.8, 4) is 0 Å². The molecule has 2 aromatic rings. The van der Waals surface area contributed by atoms with Crippen LogP contribution < -0.4 is 5.32 Å². The molecule has 0 saturated carbocycles. The van der Waals surface area contributed by atoms with Crippen LogP contribution in [0.4, 0.5) is 5.69 Å². The Hall–Kier alpha value is -1.61. The molecule has 1 N–H and O–H groups in total. The summed E-state index contributed by atoms with van der Waals surface area (Å²) in [5, 5.41) is 3.94. The molecule has 0 spiro atoms. The lowest BCUT2D eigenvalue weighted by Gasteiger charge is -2.08. The molecule has 1 amide bonds. The van der Waals surface area contributed by atoms with E-state index in [0.29, 0.717) is 5.56 Å². The molecule has 0 bridgehead atoms. The third-order valence-corrected chi connectivity index (χ3v) is 3.62. The van der Waals surface area contributed by atoms with Crippen LogP contribution >= 0.6 is 15.9 Å². The monoisotopic (exact) mass is 331 g/mol. The van der Waals surface area contributed by atoms with Crippen LogP contribution in [0.1, 0.15) is 27.9 Å². The lowest BCUT2D eigenvalue weighted by molar-refractivity contribution is 0.102. The maximum Gasteiger partial charge on any atom is 0.255 e. The lowest BCUT2D eigenvalue weighted by Crippen LogP contribution is -2.12. The largest absolute Gasteiger partial charge is 0.322 e. The second-order valence-corrected chi connectivity index (χ2v) is 5.61. The number of nitrogens with one attached hydrogen (secondary N) is 1. The van der Waals surface area contributed by atoms with Gasteiger partial charge < -0.3 is 5.32 Å². The van der Waals surface area contributed by atoms with Crippen LogP contribution in [0, 0.1) is 6.92 Å². The molecular formula is C17H18BrNO. The Morgan fingerprint density at radius 1 is 1.15 bits per heavy atom. The van der Waals surface area contributed by atoms with E-state index in [1.807, 2.05) is 49.4 Å². The van der Waals surface area contributed by atoms with Crippen LogP contribution in [0.5, 0.6) is 0 Å². The van der Waals surface area contributed by atoms with Crippen molar-refractivity contribution in [3.63, 3.8) is 0 Å². The van der Waals surface area contributed by atoms with Crippen molar-refractivity contribution < 1.29 is 4.79 Å². The molecule has 20 heavy (non-hydrogen) atoms. The van der Waals surface area contributed by atoms with Crippen LogP contribution in [0.15, 0.2) is 48.5 Å². The Bertz CT molecular complexity index is 595. The summed E-state index contributed by atoms with van der Waals surface area (Å²) in [6.07, 6.45) is 2.11. The summed E-state index contributed by atoms with van der Waals surface area (Å²) in [6.45, 7) is 1.98. The number of benzene rings is 2. The van der Waals surface area contributed by atoms with Crippen LogP contribution in [0.2, 0.25) is 0 Å². The van der Waals surface area contributed by atoms with Crippen LogP contribution in [0.25, 0.3) is 0 Å². The molecule has 0 aromatic heterocycles. The Labute approximate surface area is 128 Å². The van der Waals surface area contributed by atoms with Gasteiger partial charge in [-0.1, -0.05) is 45.8 Å². The maximum atomic E-state index is 12.2. The molecule has 0 aliphatic rings. The Kier molecular flexibility index (Phi) is 5.36. The number of hydrogen-bond acceptors (Lipinski definition) is 1. The first-order valence-corrected chi connectivity index (χ1v) is 7.84. The van der Waals surface area contributed by atoms with Gasteiger partial charge in [0.25, 0.3) is 5.91 Å². The number of carbonyl (C=O) groups is 1. The first-order chi connectivity index (χ1) is 9.69. The van der Waals surface area contributed by atoms with Crippen molar-refractivity contribution in [2.45, 2.75) is 19.8 Å². The fourth-order valence-electron chi connectivity index (χ4n) is 2.07. The van der Waals surface area contributed by atoms with E-state index in [-0.39, 0.29) is 5.91 Å². The molecule has 0 heterocycles. The van der Waals surface area contributed by atoms with Gasteiger partial charge in [0, 0.05) is 16.6 Å². The van der Waals surface area contributed by atoms with Gasteiger partial charge >= 0.3 is 0 Å². The van der Waals surface area contributed by atoms with Crippen LogP contribution in [-0.4, -0.2) is 11.2 Å². The highest BCUT2D eigenvalue weighted by Gasteiger charge is 2.06. The number of rotatable bonds is 5. The number of aryl methyl sites for hydroxylation is 2. The van der Waals surface area contributed by atoms with Gasteiger partial charge in [-0.3, -0.25) is 4.79 Å². The highest BCUT2D eigenvalue weighted by atomic mass is 79.9. The molecular weight excluding hydrogens is 314 g/mol. The van der Waals surface area contributed by atoms with Crippen LogP contribution in [0.3, 0.4) is 0 Å². The molecule has 0 saturated heterocycles. The fraction of sp³-hybridized carbons (Fsp3) is 0.235. The van der Waals surface area contributed by atoms with E-state index in [0.717, 1.165) is 29.4 Å². The molecule has 0 radical (unpaired) electrons. The molecule has 0 atom stereocenters. The second kappa shape index (κ2) is 7.25. The summed E-state index contributed by atoms with van der Waals surface area (Å²) in [7, 11) is 0. The minimum absolute atomic E-state index is 0.0636. The number of anilines is 1. The molecule has 0 aliphatic heterocycles. The average molecular weight is 332 g/mol. The number of alkyl halides is 1. The van der Waals surface area contributed by atoms with Crippen molar-refractivity contribution in [2.24, 2.45) is 0 Å². The zero-order chi connectivity index (χ0) is 14.4. The third-order valence-electron chi connectivity index (χ3n) is 3.06. The maximum absolute atomic E-state index is 12.2. The van der Waals surface area contributed by atoms with E-state index >= 15 is 0 Å². The fourth-order valence-corrected chi connectivity index (χ4v) is 2.35. The van der Waals surface area contributed by atoms with Crippen molar-refractivity contribution in [1.82, 2.24) is 0 Å². The topological polar surface area (TPSA) is 29.1 Å². The van der Waals surface area contributed by atoms with Gasteiger partial charge in [0.2, 0.25) is 0 Å². The quantitative estimate of drug-likeness (QED) is 0.798. The molecule has 104 valence electrons. The highest BCUT2D eigenvalue weighted by molar-refractivity contribution is 9.09. The van der Waals surface area contributed by atoms with Gasteiger partial charge in [-0.15, -0.1) is 0 Å². The van der Waals surface area contributed by atoms with E-state index < -0.39 is 0 Å². The van der Waals surface area contributed by atoms with Crippen LogP contribution in [-0.2, 0) is 6.42 Å². The van der Waals surface area contributed by atoms with E-state index in [4.69, 9.17) is 0 Å². The summed E-state index contributed by atoms with van der Waals surface area (Å²) in [5.41, 5.74) is 3.87. The predicted molar refractivity (Wildman–Crippen MR) is 87.7 cm³/mol. The van der Waals surface area contributed by atoms with Gasteiger partial charge in [-0.2, -0.15) is 0 Å².